The molecule has 1 atom stereocenters. The van der Waals surface area contributed by atoms with Crippen molar-refractivity contribution in [3.05, 3.63) is 70.2 Å². The van der Waals surface area contributed by atoms with Crippen LogP contribution in [0.15, 0.2) is 48.5 Å². The lowest BCUT2D eigenvalue weighted by molar-refractivity contribution is -0.134. The van der Waals surface area contributed by atoms with Crippen molar-refractivity contribution >= 4 is 23.4 Å². The maximum atomic E-state index is 12.7. The molecule has 1 unspecified atom stereocenters. The minimum Gasteiger partial charge on any atom is -0.337 e. The first-order chi connectivity index (χ1) is 12.5. The molecule has 2 aromatic carbocycles. The zero-order valence-corrected chi connectivity index (χ0v) is 15.4. The predicted octanol–water partition coefficient (Wildman–Crippen LogP) is 2.63. The number of aryl methyl sites for hydroxylation is 1. The summed E-state index contributed by atoms with van der Waals surface area (Å²) in [5.41, 5.74) is 8.63. The largest absolute Gasteiger partial charge is 0.337 e. The van der Waals surface area contributed by atoms with Gasteiger partial charge in [0.05, 0.1) is 0 Å². The van der Waals surface area contributed by atoms with Gasteiger partial charge in [0.15, 0.2) is 0 Å². The van der Waals surface area contributed by atoms with Crippen molar-refractivity contribution in [3.63, 3.8) is 0 Å². The van der Waals surface area contributed by atoms with E-state index in [9.17, 15) is 9.59 Å². The Bertz CT molecular complexity index is 799. The van der Waals surface area contributed by atoms with Gasteiger partial charge in [-0.3, -0.25) is 9.59 Å². The van der Waals surface area contributed by atoms with E-state index in [-0.39, 0.29) is 11.8 Å². The van der Waals surface area contributed by atoms with E-state index in [4.69, 9.17) is 17.3 Å². The Kier molecular flexibility index (Phi) is 5.59. The molecular formula is C20H22ClN3O2. The fraction of sp³-hybridized carbons (Fsp3) is 0.300. The van der Waals surface area contributed by atoms with Gasteiger partial charge in [-0.05, 0) is 30.7 Å². The van der Waals surface area contributed by atoms with E-state index < -0.39 is 6.04 Å². The number of hydrogen-bond acceptors (Lipinski definition) is 3. The van der Waals surface area contributed by atoms with Crippen LogP contribution in [-0.2, 0) is 4.79 Å². The number of rotatable bonds is 3. The molecule has 5 nitrogen and oxygen atoms in total. The van der Waals surface area contributed by atoms with Gasteiger partial charge in [0.25, 0.3) is 5.91 Å². The van der Waals surface area contributed by atoms with E-state index in [2.05, 4.69) is 0 Å². The van der Waals surface area contributed by atoms with Crippen LogP contribution in [0.3, 0.4) is 0 Å². The predicted molar refractivity (Wildman–Crippen MR) is 102 cm³/mol. The van der Waals surface area contributed by atoms with Crippen LogP contribution in [0.25, 0.3) is 0 Å². The van der Waals surface area contributed by atoms with Crippen molar-refractivity contribution < 1.29 is 9.59 Å². The minimum absolute atomic E-state index is 0.0672. The highest BCUT2D eigenvalue weighted by molar-refractivity contribution is 6.30. The molecule has 136 valence electrons. The Morgan fingerprint density at radius 2 is 1.62 bits per heavy atom. The molecule has 0 spiro atoms. The number of carbonyl (C=O) groups excluding carboxylic acids is 2. The van der Waals surface area contributed by atoms with Crippen LogP contribution in [0.1, 0.15) is 27.5 Å². The zero-order chi connectivity index (χ0) is 18.7. The van der Waals surface area contributed by atoms with E-state index in [0.717, 1.165) is 11.1 Å². The van der Waals surface area contributed by atoms with E-state index in [1.54, 1.807) is 34.1 Å². The van der Waals surface area contributed by atoms with E-state index >= 15 is 0 Å². The highest BCUT2D eigenvalue weighted by atomic mass is 35.5. The van der Waals surface area contributed by atoms with E-state index in [1.807, 2.05) is 31.2 Å². The first-order valence-corrected chi connectivity index (χ1v) is 8.99. The number of nitrogens with two attached hydrogens (primary N) is 1. The molecule has 0 saturated carbocycles. The summed E-state index contributed by atoms with van der Waals surface area (Å²) in [6, 6.07) is 13.9. The van der Waals surface area contributed by atoms with Gasteiger partial charge >= 0.3 is 0 Å². The molecule has 0 aliphatic carbocycles. The van der Waals surface area contributed by atoms with Gasteiger partial charge in [-0.1, -0.05) is 47.5 Å². The SMILES string of the molecule is Cc1ccc(C(N)C(=O)N2CCN(C(=O)c3cccc(Cl)c3)CC2)cc1. The zero-order valence-electron chi connectivity index (χ0n) is 14.7. The molecule has 2 N–H and O–H groups in total. The van der Waals surface area contributed by atoms with E-state index in [0.29, 0.717) is 36.8 Å². The van der Waals surface area contributed by atoms with Crippen LogP contribution in [-0.4, -0.2) is 47.8 Å². The molecule has 3 rings (SSSR count). The second-order valence-corrected chi connectivity index (χ2v) is 6.95. The Hall–Kier alpha value is -2.37. The summed E-state index contributed by atoms with van der Waals surface area (Å²) in [4.78, 5) is 28.7. The molecule has 1 aliphatic heterocycles. The molecule has 0 bridgehead atoms. The summed E-state index contributed by atoms with van der Waals surface area (Å²) in [6.07, 6.45) is 0. The third-order valence-electron chi connectivity index (χ3n) is 4.65. The normalized spacial score (nSPS) is 15.7. The van der Waals surface area contributed by atoms with Gasteiger partial charge in [-0.2, -0.15) is 0 Å². The Labute approximate surface area is 158 Å². The van der Waals surface area contributed by atoms with Crippen molar-refractivity contribution in [2.75, 3.05) is 26.2 Å². The average molecular weight is 372 g/mol. The molecule has 0 aromatic heterocycles. The Morgan fingerprint density at radius 3 is 2.23 bits per heavy atom. The lowest BCUT2D eigenvalue weighted by Gasteiger charge is -2.36. The molecule has 6 heteroatoms. The summed E-state index contributed by atoms with van der Waals surface area (Å²) >= 11 is 5.96. The molecule has 1 heterocycles. The van der Waals surface area contributed by atoms with Crippen LogP contribution in [0.2, 0.25) is 5.02 Å². The van der Waals surface area contributed by atoms with E-state index in [1.165, 1.54) is 0 Å². The van der Waals surface area contributed by atoms with Crippen LogP contribution in [0.4, 0.5) is 0 Å². The molecule has 1 aliphatic rings. The van der Waals surface area contributed by atoms with Crippen LogP contribution >= 0.6 is 11.6 Å². The fourth-order valence-electron chi connectivity index (χ4n) is 3.05. The van der Waals surface area contributed by atoms with Gasteiger partial charge in [-0.15, -0.1) is 0 Å². The lowest BCUT2D eigenvalue weighted by Crippen LogP contribution is -2.52. The molecule has 0 radical (unpaired) electrons. The number of carbonyl (C=O) groups is 2. The van der Waals surface area contributed by atoms with Crippen LogP contribution in [0, 0.1) is 6.92 Å². The summed E-state index contributed by atoms with van der Waals surface area (Å²) < 4.78 is 0. The lowest BCUT2D eigenvalue weighted by atomic mass is 10.0. The van der Waals surface area contributed by atoms with Crippen molar-refractivity contribution in [1.29, 1.82) is 0 Å². The number of piperazine rings is 1. The summed E-state index contributed by atoms with van der Waals surface area (Å²) in [7, 11) is 0. The van der Waals surface area contributed by atoms with Gasteiger partial charge in [0.2, 0.25) is 5.91 Å². The maximum Gasteiger partial charge on any atom is 0.254 e. The number of hydrogen-bond donors (Lipinski definition) is 1. The molecule has 1 fully saturated rings. The van der Waals surface area contributed by atoms with Crippen LogP contribution < -0.4 is 5.73 Å². The molecule has 2 amide bonds. The van der Waals surface area contributed by atoms with Crippen molar-refractivity contribution in [2.45, 2.75) is 13.0 Å². The first kappa shape index (κ1) is 18.4. The van der Waals surface area contributed by atoms with Gasteiger partial charge < -0.3 is 15.5 Å². The Morgan fingerprint density at radius 1 is 1.00 bits per heavy atom. The van der Waals surface area contributed by atoms with Crippen molar-refractivity contribution in [1.82, 2.24) is 9.80 Å². The summed E-state index contributed by atoms with van der Waals surface area (Å²) in [5.74, 6) is -0.175. The number of nitrogens with zero attached hydrogens (tertiary/aromatic N) is 2. The molecule has 26 heavy (non-hydrogen) atoms. The third kappa shape index (κ3) is 4.06. The van der Waals surface area contributed by atoms with Gasteiger partial charge in [0, 0.05) is 36.8 Å². The number of halogens is 1. The fourth-order valence-corrected chi connectivity index (χ4v) is 3.24. The first-order valence-electron chi connectivity index (χ1n) is 8.61. The standard InChI is InChI=1S/C20H22ClN3O2/c1-14-5-7-15(8-6-14)18(22)20(26)24-11-9-23(10-12-24)19(25)16-3-2-4-17(21)13-16/h2-8,13,18H,9-12,22H2,1H3. The molecule has 2 aromatic rings. The smallest absolute Gasteiger partial charge is 0.254 e. The Balaban J connectivity index is 1.60. The molecular weight excluding hydrogens is 350 g/mol. The topological polar surface area (TPSA) is 66.6 Å². The highest BCUT2D eigenvalue weighted by Gasteiger charge is 2.28. The number of benzene rings is 2. The highest BCUT2D eigenvalue weighted by Crippen LogP contribution is 2.17. The average Bonchev–Trinajstić information content (AvgIpc) is 2.67. The van der Waals surface area contributed by atoms with Crippen LogP contribution in [0.5, 0.6) is 0 Å². The second-order valence-electron chi connectivity index (χ2n) is 6.52. The second kappa shape index (κ2) is 7.89. The monoisotopic (exact) mass is 371 g/mol. The van der Waals surface area contributed by atoms with Gasteiger partial charge in [-0.25, -0.2) is 0 Å². The van der Waals surface area contributed by atoms with Gasteiger partial charge in [0.1, 0.15) is 6.04 Å². The maximum absolute atomic E-state index is 12.7. The van der Waals surface area contributed by atoms with Crippen molar-refractivity contribution in [2.24, 2.45) is 5.73 Å². The summed E-state index contributed by atoms with van der Waals surface area (Å²) in [6.45, 7) is 3.91. The number of amides is 2. The minimum atomic E-state index is -0.675. The third-order valence-corrected chi connectivity index (χ3v) is 4.89. The van der Waals surface area contributed by atoms with Crippen molar-refractivity contribution in [3.8, 4) is 0 Å². The molecule has 1 saturated heterocycles. The quantitative estimate of drug-likeness (QED) is 0.901. The summed E-state index contributed by atoms with van der Waals surface area (Å²) in [5, 5.41) is 0.536.